The Bertz CT molecular complexity index is 375. The molecular formula is C10H14ClN3OS. The van der Waals surface area contributed by atoms with E-state index in [-0.39, 0.29) is 5.25 Å². The molecule has 2 N–H and O–H groups in total. The summed E-state index contributed by atoms with van der Waals surface area (Å²) in [5, 5.41) is 7.60. The van der Waals surface area contributed by atoms with Crippen LogP contribution in [0.3, 0.4) is 0 Å². The molecule has 88 valence electrons. The van der Waals surface area contributed by atoms with E-state index in [1.165, 1.54) is 6.19 Å². The fourth-order valence-electron chi connectivity index (χ4n) is 1.03. The average Bonchev–Trinajstić information content (AvgIpc) is 2.29. The Morgan fingerprint density at radius 1 is 1.69 bits per heavy atom. The molecule has 0 aliphatic rings. The molecule has 16 heavy (non-hydrogen) atoms. The van der Waals surface area contributed by atoms with Crippen LogP contribution in [0.2, 0.25) is 5.15 Å². The molecule has 6 heteroatoms. The smallest absolute Gasteiger partial charge is 0.173 e. The van der Waals surface area contributed by atoms with Gasteiger partial charge in [-0.2, -0.15) is 5.26 Å². The molecule has 0 radical (unpaired) electrons. The first-order valence-corrected chi connectivity index (χ1v) is 6.41. The van der Waals surface area contributed by atoms with E-state index in [0.717, 1.165) is 5.56 Å². The number of nitriles is 1. The van der Waals surface area contributed by atoms with Gasteiger partial charge in [-0.15, -0.1) is 0 Å². The lowest BCUT2D eigenvalue weighted by molar-refractivity contribution is 0.676. The summed E-state index contributed by atoms with van der Waals surface area (Å²) in [4.78, 5) is 3.95. The summed E-state index contributed by atoms with van der Waals surface area (Å²) in [5.74, 6) is 0.670. The SMILES string of the molecule is CCS(=O)C(C)c1ccc(Cl)nc1.N#CN. The van der Waals surface area contributed by atoms with Crippen molar-refractivity contribution >= 4 is 22.4 Å². The zero-order chi connectivity index (χ0) is 12.6. The van der Waals surface area contributed by atoms with Crippen LogP contribution in [0.4, 0.5) is 0 Å². The third-order valence-electron chi connectivity index (χ3n) is 1.90. The lowest BCUT2D eigenvalue weighted by Crippen LogP contribution is -2.04. The minimum atomic E-state index is -0.812. The summed E-state index contributed by atoms with van der Waals surface area (Å²) in [6.07, 6.45) is 2.93. The average molecular weight is 260 g/mol. The first-order chi connectivity index (χ1) is 7.56. The molecule has 1 aromatic rings. The maximum absolute atomic E-state index is 11.4. The van der Waals surface area contributed by atoms with E-state index < -0.39 is 10.8 Å². The van der Waals surface area contributed by atoms with Gasteiger partial charge >= 0.3 is 0 Å². The zero-order valence-corrected chi connectivity index (χ0v) is 10.8. The van der Waals surface area contributed by atoms with Gasteiger partial charge in [0.1, 0.15) is 5.15 Å². The summed E-state index contributed by atoms with van der Waals surface area (Å²) in [6, 6.07) is 3.59. The number of nitrogens with two attached hydrogens (primary N) is 1. The molecule has 0 aliphatic heterocycles. The Kier molecular flexibility index (Phi) is 7.52. The standard InChI is InChI=1S/C9H12ClNOS.CH2N2/c1-3-13(12)7(2)8-4-5-9(10)11-6-8;2-1-3/h4-7H,3H2,1-2H3;2H2. The van der Waals surface area contributed by atoms with Crippen molar-refractivity contribution in [1.82, 2.24) is 4.98 Å². The second-order valence-corrected chi connectivity index (χ2v) is 5.29. The second-order valence-electron chi connectivity index (χ2n) is 2.86. The van der Waals surface area contributed by atoms with E-state index >= 15 is 0 Å². The number of hydrogen-bond donors (Lipinski definition) is 1. The van der Waals surface area contributed by atoms with Gasteiger partial charge in [-0.25, -0.2) is 4.98 Å². The summed E-state index contributed by atoms with van der Waals surface area (Å²) in [5.41, 5.74) is 5.13. The summed E-state index contributed by atoms with van der Waals surface area (Å²) < 4.78 is 11.4. The molecule has 0 amide bonds. The van der Waals surface area contributed by atoms with Gasteiger partial charge in [-0.05, 0) is 18.6 Å². The van der Waals surface area contributed by atoms with Crippen LogP contribution >= 0.6 is 11.6 Å². The normalized spacial score (nSPS) is 12.9. The number of pyridine rings is 1. The van der Waals surface area contributed by atoms with Crippen molar-refractivity contribution in [3.8, 4) is 6.19 Å². The van der Waals surface area contributed by atoms with E-state index in [1.807, 2.05) is 19.9 Å². The lowest BCUT2D eigenvalue weighted by atomic mass is 10.2. The molecule has 0 spiro atoms. The quantitative estimate of drug-likeness (QED) is 0.511. The van der Waals surface area contributed by atoms with E-state index in [0.29, 0.717) is 10.9 Å². The van der Waals surface area contributed by atoms with E-state index in [9.17, 15) is 4.21 Å². The predicted molar refractivity (Wildman–Crippen MR) is 66.1 cm³/mol. The third kappa shape index (κ3) is 5.10. The number of hydrogen-bond acceptors (Lipinski definition) is 4. The van der Waals surface area contributed by atoms with E-state index in [1.54, 1.807) is 12.3 Å². The fraction of sp³-hybridized carbons (Fsp3) is 0.400. The summed E-state index contributed by atoms with van der Waals surface area (Å²) >= 11 is 5.64. The molecule has 0 saturated carbocycles. The predicted octanol–water partition coefficient (Wildman–Crippen LogP) is 1.99. The minimum Gasteiger partial charge on any atom is -0.337 e. The van der Waals surface area contributed by atoms with Crippen molar-refractivity contribution in [2.75, 3.05) is 5.75 Å². The topological polar surface area (TPSA) is 79.8 Å². The van der Waals surface area contributed by atoms with Gasteiger partial charge in [-0.3, -0.25) is 4.21 Å². The molecule has 1 heterocycles. The summed E-state index contributed by atoms with van der Waals surface area (Å²) in [7, 11) is -0.812. The molecular weight excluding hydrogens is 246 g/mol. The first kappa shape index (κ1) is 14.9. The lowest BCUT2D eigenvalue weighted by Gasteiger charge is -2.09. The van der Waals surface area contributed by atoms with Gasteiger partial charge in [0.25, 0.3) is 0 Å². The van der Waals surface area contributed by atoms with Crippen LogP contribution in [0.25, 0.3) is 0 Å². The Morgan fingerprint density at radius 3 is 2.62 bits per heavy atom. The summed E-state index contributed by atoms with van der Waals surface area (Å²) in [6.45, 7) is 3.85. The number of nitrogens with zero attached hydrogens (tertiary/aromatic N) is 2. The number of rotatable bonds is 3. The van der Waals surface area contributed by atoms with Gasteiger partial charge in [0, 0.05) is 22.7 Å². The van der Waals surface area contributed by atoms with Crippen LogP contribution in [0, 0.1) is 11.5 Å². The Hall–Kier alpha value is -1.12. The molecule has 0 aromatic carbocycles. The molecule has 0 aliphatic carbocycles. The molecule has 4 nitrogen and oxygen atoms in total. The first-order valence-electron chi connectivity index (χ1n) is 4.65. The van der Waals surface area contributed by atoms with Crippen LogP contribution in [0.1, 0.15) is 24.7 Å². The van der Waals surface area contributed by atoms with E-state index in [2.05, 4.69) is 10.7 Å². The molecule has 0 saturated heterocycles. The maximum Gasteiger partial charge on any atom is 0.173 e. The van der Waals surface area contributed by atoms with Gasteiger partial charge < -0.3 is 5.73 Å². The molecule has 1 aromatic heterocycles. The largest absolute Gasteiger partial charge is 0.337 e. The highest BCUT2D eigenvalue weighted by molar-refractivity contribution is 7.85. The molecule has 0 bridgehead atoms. The van der Waals surface area contributed by atoms with Crippen LogP contribution in [-0.2, 0) is 10.8 Å². The maximum atomic E-state index is 11.4. The molecule has 0 fully saturated rings. The highest BCUT2D eigenvalue weighted by Gasteiger charge is 2.11. The van der Waals surface area contributed by atoms with Crippen molar-refractivity contribution in [2.45, 2.75) is 19.1 Å². The van der Waals surface area contributed by atoms with Crippen molar-refractivity contribution in [1.29, 1.82) is 5.26 Å². The van der Waals surface area contributed by atoms with Gasteiger partial charge in [0.15, 0.2) is 6.19 Å². The van der Waals surface area contributed by atoms with Crippen molar-refractivity contribution < 1.29 is 4.21 Å². The minimum absolute atomic E-state index is 0.0368. The van der Waals surface area contributed by atoms with Gasteiger partial charge in [0.05, 0.1) is 5.25 Å². The van der Waals surface area contributed by atoms with Crippen LogP contribution in [0.5, 0.6) is 0 Å². The second kappa shape index (κ2) is 8.08. The van der Waals surface area contributed by atoms with Crippen molar-refractivity contribution in [3.63, 3.8) is 0 Å². The van der Waals surface area contributed by atoms with Crippen LogP contribution in [0.15, 0.2) is 18.3 Å². The Balaban J connectivity index is 0.000000673. The van der Waals surface area contributed by atoms with Crippen LogP contribution in [-0.4, -0.2) is 14.9 Å². The molecule has 2 unspecified atom stereocenters. The van der Waals surface area contributed by atoms with Crippen molar-refractivity contribution in [2.24, 2.45) is 5.73 Å². The number of aromatic nitrogens is 1. The highest BCUT2D eigenvalue weighted by Crippen LogP contribution is 2.19. The van der Waals surface area contributed by atoms with Gasteiger partial charge in [-0.1, -0.05) is 24.6 Å². The third-order valence-corrected chi connectivity index (χ3v) is 3.75. The zero-order valence-electron chi connectivity index (χ0n) is 9.18. The monoisotopic (exact) mass is 259 g/mol. The number of halogens is 1. The Morgan fingerprint density at radius 2 is 2.25 bits per heavy atom. The Labute approximate surface area is 103 Å². The van der Waals surface area contributed by atoms with Gasteiger partial charge in [0.2, 0.25) is 0 Å². The molecule has 2 atom stereocenters. The molecule has 1 rings (SSSR count). The van der Waals surface area contributed by atoms with Crippen molar-refractivity contribution in [3.05, 3.63) is 29.0 Å². The van der Waals surface area contributed by atoms with E-state index in [4.69, 9.17) is 16.9 Å². The van der Waals surface area contributed by atoms with Crippen LogP contribution < -0.4 is 5.73 Å². The highest BCUT2D eigenvalue weighted by atomic mass is 35.5. The fourth-order valence-corrected chi connectivity index (χ4v) is 2.08.